The maximum Gasteiger partial charge on any atom is 0.264 e. The molecule has 6 nitrogen and oxygen atoms in total. The monoisotopic (exact) mass is 281 g/mol. The molecule has 19 heavy (non-hydrogen) atoms. The van der Waals surface area contributed by atoms with Crippen LogP contribution in [0.25, 0.3) is 0 Å². The summed E-state index contributed by atoms with van der Waals surface area (Å²) in [5.74, 6) is 0.139. The van der Waals surface area contributed by atoms with Gasteiger partial charge in [0.2, 0.25) is 5.88 Å². The van der Waals surface area contributed by atoms with Crippen LogP contribution in [-0.2, 0) is 16.6 Å². The number of anilines is 1. The van der Waals surface area contributed by atoms with E-state index in [9.17, 15) is 8.42 Å². The highest BCUT2D eigenvalue weighted by molar-refractivity contribution is 7.92. The van der Waals surface area contributed by atoms with Crippen molar-refractivity contribution in [1.29, 1.82) is 0 Å². The molecule has 7 heteroatoms. The summed E-state index contributed by atoms with van der Waals surface area (Å²) in [5, 5.41) is 3.70. The van der Waals surface area contributed by atoms with Crippen LogP contribution in [0.1, 0.15) is 16.8 Å². The summed E-state index contributed by atoms with van der Waals surface area (Å²) < 4.78 is 31.6. The molecule has 2 rings (SSSR count). The standard InChI is InChI=1S/C12H15N3O3S/c1-8-9(2)14-18-12(8)15-19(16,17)11-5-3-10(7-13)4-6-11/h3-6,15H,7,13H2,1-2H3. The minimum Gasteiger partial charge on any atom is -0.337 e. The number of sulfonamides is 1. The Morgan fingerprint density at radius 1 is 1.26 bits per heavy atom. The smallest absolute Gasteiger partial charge is 0.264 e. The lowest BCUT2D eigenvalue weighted by molar-refractivity contribution is 0.430. The number of aromatic nitrogens is 1. The van der Waals surface area contributed by atoms with Crippen LogP contribution in [0.3, 0.4) is 0 Å². The highest BCUT2D eigenvalue weighted by atomic mass is 32.2. The van der Waals surface area contributed by atoms with Gasteiger partial charge in [-0.1, -0.05) is 17.3 Å². The van der Waals surface area contributed by atoms with Crippen molar-refractivity contribution in [2.24, 2.45) is 5.73 Å². The average molecular weight is 281 g/mol. The summed E-state index contributed by atoms with van der Waals surface area (Å²) in [6.07, 6.45) is 0. The molecule has 0 aliphatic heterocycles. The molecule has 0 saturated heterocycles. The molecular formula is C12H15N3O3S. The summed E-state index contributed by atoms with van der Waals surface area (Å²) in [6.45, 7) is 3.85. The molecule has 0 spiro atoms. The Morgan fingerprint density at radius 2 is 1.89 bits per heavy atom. The van der Waals surface area contributed by atoms with E-state index in [-0.39, 0.29) is 10.8 Å². The topological polar surface area (TPSA) is 98.2 Å². The van der Waals surface area contributed by atoms with Crippen LogP contribution < -0.4 is 10.5 Å². The lowest BCUT2D eigenvalue weighted by Crippen LogP contribution is -2.13. The molecule has 1 aromatic heterocycles. The molecule has 1 aromatic carbocycles. The van der Waals surface area contributed by atoms with Crippen molar-refractivity contribution in [1.82, 2.24) is 5.16 Å². The first-order chi connectivity index (χ1) is 8.94. The number of rotatable bonds is 4. The van der Waals surface area contributed by atoms with Crippen molar-refractivity contribution in [2.75, 3.05) is 4.72 Å². The van der Waals surface area contributed by atoms with E-state index in [1.165, 1.54) is 12.1 Å². The first-order valence-corrected chi connectivity index (χ1v) is 7.17. The Balaban J connectivity index is 2.29. The lowest BCUT2D eigenvalue weighted by Gasteiger charge is -2.06. The van der Waals surface area contributed by atoms with Crippen molar-refractivity contribution in [3.05, 3.63) is 41.1 Å². The molecule has 0 aliphatic carbocycles. The summed E-state index contributed by atoms with van der Waals surface area (Å²) in [7, 11) is -3.67. The van der Waals surface area contributed by atoms with Gasteiger partial charge in [-0.15, -0.1) is 0 Å². The van der Waals surface area contributed by atoms with Crippen LogP contribution >= 0.6 is 0 Å². The molecular weight excluding hydrogens is 266 g/mol. The molecule has 0 amide bonds. The molecule has 102 valence electrons. The van der Waals surface area contributed by atoms with Gasteiger partial charge in [0.05, 0.1) is 10.6 Å². The van der Waals surface area contributed by atoms with Crippen molar-refractivity contribution >= 4 is 15.9 Å². The summed E-state index contributed by atoms with van der Waals surface area (Å²) in [4.78, 5) is 0.151. The molecule has 0 fully saturated rings. The fourth-order valence-electron chi connectivity index (χ4n) is 1.50. The van der Waals surface area contributed by atoms with E-state index in [1.54, 1.807) is 26.0 Å². The first-order valence-electron chi connectivity index (χ1n) is 5.69. The molecule has 0 atom stereocenters. The molecule has 0 radical (unpaired) electrons. The Morgan fingerprint density at radius 3 is 2.37 bits per heavy atom. The van der Waals surface area contributed by atoms with E-state index < -0.39 is 10.0 Å². The molecule has 2 aromatic rings. The van der Waals surface area contributed by atoms with Crippen LogP contribution in [0, 0.1) is 13.8 Å². The van der Waals surface area contributed by atoms with E-state index in [1.807, 2.05) is 0 Å². The van der Waals surface area contributed by atoms with Crippen LogP contribution in [0.15, 0.2) is 33.7 Å². The van der Waals surface area contributed by atoms with E-state index in [2.05, 4.69) is 9.88 Å². The van der Waals surface area contributed by atoms with Gasteiger partial charge in [-0.05, 0) is 31.5 Å². The number of hydrogen-bond donors (Lipinski definition) is 2. The van der Waals surface area contributed by atoms with Crippen LogP contribution in [0.2, 0.25) is 0 Å². The van der Waals surface area contributed by atoms with Crippen LogP contribution in [0.4, 0.5) is 5.88 Å². The van der Waals surface area contributed by atoms with Gasteiger partial charge in [0.15, 0.2) is 0 Å². The Bertz CT molecular complexity index is 675. The minimum atomic E-state index is -3.67. The third-order valence-electron chi connectivity index (χ3n) is 2.85. The third-order valence-corrected chi connectivity index (χ3v) is 4.20. The molecule has 0 unspecified atom stereocenters. The van der Waals surface area contributed by atoms with Crippen molar-refractivity contribution in [2.45, 2.75) is 25.3 Å². The second-order valence-corrected chi connectivity index (χ2v) is 5.86. The fraction of sp³-hybridized carbons (Fsp3) is 0.250. The average Bonchev–Trinajstić information content (AvgIpc) is 2.70. The maximum atomic E-state index is 12.1. The summed E-state index contributed by atoms with van der Waals surface area (Å²) in [6, 6.07) is 6.35. The highest BCUT2D eigenvalue weighted by Crippen LogP contribution is 2.21. The van der Waals surface area contributed by atoms with Gasteiger partial charge in [0.25, 0.3) is 10.0 Å². The van der Waals surface area contributed by atoms with Gasteiger partial charge in [-0.3, -0.25) is 0 Å². The van der Waals surface area contributed by atoms with Crippen LogP contribution in [-0.4, -0.2) is 13.6 Å². The summed E-state index contributed by atoms with van der Waals surface area (Å²) in [5.41, 5.74) is 7.65. The Kier molecular flexibility index (Phi) is 3.59. The number of nitrogens with zero attached hydrogens (tertiary/aromatic N) is 1. The predicted octanol–water partition coefficient (Wildman–Crippen LogP) is 1.55. The first kappa shape index (κ1) is 13.6. The van der Waals surface area contributed by atoms with Crippen molar-refractivity contribution < 1.29 is 12.9 Å². The largest absolute Gasteiger partial charge is 0.337 e. The Labute approximate surface area is 111 Å². The van der Waals surface area contributed by atoms with Gasteiger partial charge >= 0.3 is 0 Å². The zero-order chi connectivity index (χ0) is 14.0. The normalized spacial score (nSPS) is 11.5. The predicted molar refractivity (Wildman–Crippen MR) is 71.1 cm³/mol. The Hall–Kier alpha value is -1.86. The van der Waals surface area contributed by atoms with Gasteiger partial charge in [0, 0.05) is 12.1 Å². The van der Waals surface area contributed by atoms with Gasteiger partial charge in [-0.2, -0.15) is 0 Å². The van der Waals surface area contributed by atoms with E-state index in [0.717, 1.165) is 5.56 Å². The second kappa shape index (κ2) is 5.02. The van der Waals surface area contributed by atoms with E-state index in [0.29, 0.717) is 17.8 Å². The molecule has 0 bridgehead atoms. The number of nitrogens with two attached hydrogens (primary N) is 1. The van der Waals surface area contributed by atoms with Gasteiger partial charge in [0.1, 0.15) is 0 Å². The highest BCUT2D eigenvalue weighted by Gasteiger charge is 2.18. The van der Waals surface area contributed by atoms with Crippen molar-refractivity contribution in [3.63, 3.8) is 0 Å². The quantitative estimate of drug-likeness (QED) is 0.886. The molecule has 1 heterocycles. The number of benzene rings is 1. The zero-order valence-corrected chi connectivity index (χ0v) is 11.5. The number of hydrogen-bond acceptors (Lipinski definition) is 5. The van der Waals surface area contributed by atoms with Gasteiger partial charge < -0.3 is 10.3 Å². The number of aryl methyl sites for hydroxylation is 1. The molecule has 0 aliphatic rings. The van der Waals surface area contributed by atoms with E-state index in [4.69, 9.17) is 10.3 Å². The van der Waals surface area contributed by atoms with Crippen LogP contribution in [0.5, 0.6) is 0 Å². The zero-order valence-electron chi connectivity index (χ0n) is 10.7. The lowest BCUT2D eigenvalue weighted by atomic mass is 10.2. The van der Waals surface area contributed by atoms with Crippen molar-refractivity contribution in [3.8, 4) is 0 Å². The molecule has 3 N–H and O–H groups in total. The fourth-order valence-corrected chi connectivity index (χ4v) is 2.54. The SMILES string of the molecule is Cc1noc(NS(=O)(=O)c2ccc(CN)cc2)c1C. The second-order valence-electron chi connectivity index (χ2n) is 4.18. The number of nitrogens with one attached hydrogen (secondary N) is 1. The minimum absolute atomic E-state index is 0.139. The summed E-state index contributed by atoms with van der Waals surface area (Å²) >= 11 is 0. The third kappa shape index (κ3) is 2.77. The maximum absolute atomic E-state index is 12.1. The van der Waals surface area contributed by atoms with E-state index >= 15 is 0 Å². The molecule has 0 saturated carbocycles. The van der Waals surface area contributed by atoms with Gasteiger partial charge in [-0.25, -0.2) is 13.1 Å².